The van der Waals surface area contributed by atoms with Crippen LogP contribution >= 0.6 is 0 Å². The Labute approximate surface area is 92.5 Å². The smallest absolute Gasteiger partial charge is 0.243 e. The van der Waals surface area contributed by atoms with Gasteiger partial charge in [0.05, 0.1) is 6.20 Å². The molecule has 1 aliphatic carbocycles. The van der Waals surface area contributed by atoms with Gasteiger partial charge in [-0.25, -0.2) is 8.91 Å². The Bertz CT molecular complexity index is 530. The fraction of sp³-hybridized carbons (Fsp3) is 0.455. The van der Waals surface area contributed by atoms with Gasteiger partial charge in [0.15, 0.2) is 5.65 Å². The van der Waals surface area contributed by atoms with Crippen LogP contribution in [0.2, 0.25) is 0 Å². The van der Waals surface area contributed by atoms with Gasteiger partial charge in [-0.05, 0) is 38.3 Å². The van der Waals surface area contributed by atoms with Gasteiger partial charge in [-0.15, -0.1) is 5.10 Å². The highest BCUT2D eigenvalue weighted by Gasteiger charge is 2.32. The molecule has 3 rings (SSSR count). The summed E-state index contributed by atoms with van der Waals surface area (Å²) in [6.07, 6.45) is 4.84. The van der Waals surface area contributed by atoms with Gasteiger partial charge in [0.25, 0.3) is 0 Å². The molecule has 4 nitrogen and oxygen atoms in total. The third-order valence-corrected chi connectivity index (χ3v) is 3.17. The molecule has 2 heterocycles. The molecule has 1 fully saturated rings. The highest BCUT2D eigenvalue weighted by molar-refractivity contribution is 5.44. The Morgan fingerprint density at radius 1 is 1.44 bits per heavy atom. The molecule has 5 heteroatoms. The molecule has 2 aromatic heterocycles. The second-order valence-electron chi connectivity index (χ2n) is 4.62. The lowest BCUT2D eigenvalue weighted by molar-refractivity contribution is 0.305. The largest absolute Gasteiger partial charge is 0.348 e. The van der Waals surface area contributed by atoms with E-state index in [1.807, 2.05) is 0 Å². The number of rotatable bonds is 2. The van der Waals surface area contributed by atoms with E-state index in [0.717, 1.165) is 12.8 Å². The molecule has 0 aromatic carbocycles. The molecule has 84 valence electrons. The van der Waals surface area contributed by atoms with Crippen LogP contribution < -0.4 is 5.32 Å². The number of fused-ring (bicyclic) bond motifs is 1. The highest BCUT2D eigenvalue weighted by Crippen LogP contribution is 2.33. The van der Waals surface area contributed by atoms with E-state index < -0.39 is 0 Å². The van der Waals surface area contributed by atoms with Crippen LogP contribution in [0.3, 0.4) is 0 Å². The number of nitrogens with zero attached hydrogens (tertiary/aromatic N) is 3. The second-order valence-corrected chi connectivity index (χ2v) is 4.62. The van der Waals surface area contributed by atoms with Crippen LogP contribution in [-0.2, 0) is 0 Å². The molecular formula is C11H13FN4. The predicted molar refractivity (Wildman–Crippen MR) is 58.8 cm³/mol. The van der Waals surface area contributed by atoms with Gasteiger partial charge in [0.1, 0.15) is 5.82 Å². The lowest BCUT2D eigenvalue weighted by Gasteiger charge is -2.38. The number of anilines is 1. The van der Waals surface area contributed by atoms with Crippen LogP contribution in [0.25, 0.3) is 5.65 Å². The maximum atomic E-state index is 13.0. The minimum Gasteiger partial charge on any atom is -0.348 e. The van der Waals surface area contributed by atoms with Crippen molar-refractivity contribution < 1.29 is 4.39 Å². The summed E-state index contributed by atoms with van der Waals surface area (Å²) >= 11 is 0. The molecule has 0 spiro atoms. The van der Waals surface area contributed by atoms with Crippen LogP contribution in [0.15, 0.2) is 18.3 Å². The molecule has 0 amide bonds. The van der Waals surface area contributed by atoms with E-state index in [1.165, 1.54) is 23.2 Å². The highest BCUT2D eigenvalue weighted by atomic mass is 19.1. The quantitative estimate of drug-likeness (QED) is 0.843. The van der Waals surface area contributed by atoms with Crippen molar-refractivity contribution in [2.24, 2.45) is 0 Å². The molecule has 0 saturated heterocycles. The van der Waals surface area contributed by atoms with Crippen molar-refractivity contribution in [3.63, 3.8) is 0 Å². The Morgan fingerprint density at radius 3 is 2.94 bits per heavy atom. The van der Waals surface area contributed by atoms with E-state index in [2.05, 4.69) is 22.3 Å². The minimum atomic E-state index is -0.307. The van der Waals surface area contributed by atoms with Crippen LogP contribution in [0, 0.1) is 5.82 Å². The summed E-state index contributed by atoms with van der Waals surface area (Å²) in [5.41, 5.74) is 0.774. The van der Waals surface area contributed by atoms with E-state index in [-0.39, 0.29) is 11.4 Å². The second kappa shape index (κ2) is 3.17. The third kappa shape index (κ3) is 1.52. The van der Waals surface area contributed by atoms with E-state index in [4.69, 9.17) is 0 Å². The number of nitrogens with one attached hydrogen (secondary N) is 1. The summed E-state index contributed by atoms with van der Waals surface area (Å²) in [4.78, 5) is 4.29. The molecule has 16 heavy (non-hydrogen) atoms. The molecule has 2 aromatic rings. The monoisotopic (exact) mass is 220 g/mol. The van der Waals surface area contributed by atoms with Gasteiger partial charge < -0.3 is 5.32 Å². The van der Waals surface area contributed by atoms with Crippen molar-refractivity contribution in [2.75, 3.05) is 5.32 Å². The molecule has 0 radical (unpaired) electrons. The van der Waals surface area contributed by atoms with Crippen LogP contribution in [-0.4, -0.2) is 20.1 Å². The maximum absolute atomic E-state index is 13.0. The predicted octanol–water partition coefficient (Wildman–Crippen LogP) is 2.22. The number of halogens is 1. The van der Waals surface area contributed by atoms with Gasteiger partial charge in [0, 0.05) is 5.54 Å². The molecule has 0 aliphatic heterocycles. The molecule has 1 saturated carbocycles. The number of hydrogen-bond acceptors (Lipinski definition) is 3. The standard InChI is InChI=1S/C11H13FN4/c1-11(5-2-6-11)14-10-13-9-4-3-8(12)7-16(9)15-10/h3-4,7H,2,5-6H2,1H3,(H,14,15). The zero-order valence-corrected chi connectivity index (χ0v) is 9.07. The zero-order chi connectivity index (χ0) is 11.2. The molecule has 1 aliphatic rings. The first-order chi connectivity index (χ1) is 7.65. The Balaban J connectivity index is 1.93. The third-order valence-electron chi connectivity index (χ3n) is 3.17. The molecule has 0 unspecified atom stereocenters. The van der Waals surface area contributed by atoms with Crippen LogP contribution in [0.1, 0.15) is 26.2 Å². The molecule has 0 atom stereocenters. The summed E-state index contributed by atoms with van der Waals surface area (Å²) in [7, 11) is 0. The van der Waals surface area contributed by atoms with E-state index in [1.54, 1.807) is 6.07 Å². The van der Waals surface area contributed by atoms with Gasteiger partial charge in [-0.1, -0.05) is 0 Å². The van der Waals surface area contributed by atoms with Gasteiger partial charge in [0.2, 0.25) is 5.95 Å². The lowest BCUT2D eigenvalue weighted by Crippen LogP contribution is -2.41. The zero-order valence-electron chi connectivity index (χ0n) is 9.07. The minimum absolute atomic E-state index is 0.115. The van der Waals surface area contributed by atoms with Crippen molar-refractivity contribution >= 4 is 11.6 Å². The summed E-state index contributed by atoms with van der Waals surface area (Å²) in [6.45, 7) is 2.16. The van der Waals surface area contributed by atoms with Gasteiger partial charge in [-0.2, -0.15) is 4.98 Å². The lowest BCUT2D eigenvalue weighted by atomic mass is 9.79. The average molecular weight is 220 g/mol. The first kappa shape index (κ1) is 9.57. The van der Waals surface area contributed by atoms with Crippen molar-refractivity contribution in [3.05, 3.63) is 24.1 Å². The summed E-state index contributed by atoms with van der Waals surface area (Å²) in [6, 6.07) is 3.01. The number of aromatic nitrogens is 3. The van der Waals surface area contributed by atoms with Crippen molar-refractivity contribution in [1.82, 2.24) is 14.6 Å². The Morgan fingerprint density at radius 2 is 2.25 bits per heavy atom. The SMILES string of the molecule is CC1(Nc2nc3ccc(F)cn3n2)CCC1. The summed E-state index contributed by atoms with van der Waals surface area (Å²) < 4.78 is 14.4. The van der Waals surface area contributed by atoms with Crippen molar-refractivity contribution in [1.29, 1.82) is 0 Å². The van der Waals surface area contributed by atoms with Gasteiger partial charge in [-0.3, -0.25) is 0 Å². The molecule has 1 N–H and O–H groups in total. The Kier molecular flexibility index (Phi) is 1.89. The van der Waals surface area contributed by atoms with Crippen LogP contribution in [0.5, 0.6) is 0 Å². The number of hydrogen-bond donors (Lipinski definition) is 1. The van der Waals surface area contributed by atoms with E-state index >= 15 is 0 Å². The maximum Gasteiger partial charge on any atom is 0.243 e. The normalized spacial score (nSPS) is 18.4. The van der Waals surface area contributed by atoms with Crippen molar-refractivity contribution in [3.8, 4) is 0 Å². The topological polar surface area (TPSA) is 42.2 Å². The van der Waals surface area contributed by atoms with Crippen molar-refractivity contribution in [2.45, 2.75) is 31.7 Å². The summed E-state index contributed by atoms with van der Waals surface area (Å²) in [5.74, 6) is 0.270. The first-order valence-electron chi connectivity index (χ1n) is 5.45. The average Bonchev–Trinajstić information content (AvgIpc) is 2.56. The molecule has 0 bridgehead atoms. The fourth-order valence-corrected chi connectivity index (χ4v) is 2.01. The molecular weight excluding hydrogens is 207 g/mol. The van der Waals surface area contributed by atoms with Crippen LogP contribution in [0.4, 0.5) is 10.3 Å². The first-order valence-corrected chi connectivity index (χ1v) is 5.45. The Hall–Kier alpha value is -1.65. The number of pyridine rings is 1. The van der Waals surface area contributed by atoms with E-state index in [9.17, 15) is 4.39 Å². The van der Waals surface area contributed by atoms with Gasteiger partial charge >= 0.3 is 0 Å². The van der Waals surface area contributed by atoms with E-state index in [0.29, 0.717) is 11.6 Å². The fourth-order valence-electron chi connectivity index (χ4n) is 2.01. The summed E-state index contributed by atoms with van der Waals surface area (Å²) in [5, 5.41) is 7.49.